The Morgan fingerprint density at radius 2 is 2.17 bits per heavy atom. The molecule has 0 fully saturated rings. The number of aliphatic hydroxyl groups is 1. The Morgan fingerprint density at radius 1 is 1.33 bits per heavy atom. The largest absolute Gasteiger partial charge is 0.387 e. The van der Waals surface area contributed by atoms with Crippen LogP contribution < -0.4 is 5.73 Å². The first-order valence-corrected chi connectivity index (χ1v) is 6.42. The number of rotatable bonds is 4. The normalized spacial score (nSPS) is 12.3. The van der Waals surface area contributed by atoms with Crippen LogP contribution in [0.25, 0.3) is 0 Å². The van der Waals surface area contributed by atoms with Gasteiger partial charge in [0.25, 0.3) is 0 Å². The van der Waals surface area contributed by atoms with Crippen LogP contribution in [-0.2, 0) is 0 Å². The maximum Gasteiger partial charge on any atom is 0.129 e. The molecule has 3 N–H and O–H groups in total. The highest BCUT2D eigenvalue weighted by Crippen LogP contribution is 2.26. The summed E-state index contributed by atoms with van der Waals surface area (Å²) >= 11 is 1.37. The van der Waals surface area contributed by atoms with Gasteiger partial charge in [-0.15, -0.1) is 11.8 Å². The number of benzene rings is 1. The molecule has 1 aromatic carbocycles. The predicted molar refractivity (Wildman–Crippen MR) is 70.7 cm³/mol. The van der Waals surface area contributed by atoms with Crippen LogP contribution >= 0.6 is 11.8 Å². The number of hydrogen-bond donors (Lipinski definition) is 2. The van der Waals surface area contributed by atoms with Crippen LogP contribution in [0.1, 0.15) is 11.7 Å². The number of aliphatic hydroxyl groups excluding tert-OH is 1. The Morgan fingerprint density at radius 3 is 2.89 bits per heavy atom. The summed E-state index contributed by atoms with van der Waals surface area (Å²) in [6.07, 6.45) is 0.859. The second kappa shape index (κ2) is 5.84. The molecule has 0 saturated carbocycles. The Hall–Kier alpha value is -1.59. The average Bonchev–Trinajstić information content (AvgIpc) is 2.37. The highest BCUT2D eigenvalue weighted by Gasteiger charge is 2.11. The van der Waals surface area contributed by atoms with Crippen molar-refractivity contribution in [3.8, 4) is 0 Å². The van der Waals surface area contributed by atoms with Crippen molar-refractivity contribution in [1.82, 2.24) is 4.98 Å². The molecule has 1 aromatic heterocycles. The third-order valence-corrected chi connectivity index (χ3v) is 3.50. The van der Waals surface area contributed by atoms with Crippen molar-refractivity contribution in [3.63, 3.8) is 0 Å². The molecule has 0 aliphatic heterocycles. The standard InChI is InChI=1S/C13H13FN2OS/c14-9-3-1-4-10(7-9)18-8-12(17)11-5-2-6-16-13(11)15/h1-7,12,17H,8H2,(H2,15,16). The van der Waals surface area contributed by atoms with Gasteiger partial charge in [-0.1, -0.05) is 12.1 Å². The molecule has 3 nitrogen and oxygen atoms in total. The summed E-state index contributed by atoms with van der Waals surface area (Å²) in [5.74, 6) is 0.444. The molecule has 0 spiro atoms. The molecule has 5 heteroatoms. The van der Waals surface area contributed by atoms with Crippen LogP contribution in [0.5, 0.6) is 0 Å². The molecule has 0 aliphatic carbocycles. The van der Waals surface area contributed by atoms with Gasteiger partial charge in [-0.25, -0.2) is 9.37 Å². The number of nitrogens with two attached hydrogens (primary N) is 1. The minimum absolute atomic E-state index is 0.282. The lowest BCUT2D eigenvalue weighted by Crippen LogP contribution is -2.05. The molecule has 18 heavy (non-hydrogen) atoms. The van der Waals surface area contributed by atoms with Crippen LogP contribution in [0.3, 0.4) is 0 Å². The number of aromatic nitrogens is 1. The third kappa shape index (κ3) is 3.21. The molecule has 2 rings (SSSR count). The van der Waals surface area contributed by atoms with E-state index in [0.29, 0.717) is 17.1 Å². The van der Waals surface area contributed by atoms with Gasteiger partial charge in [0.15, 0.2) is 0 Å². The van der Waals surface area contributed by atoms with Crippen molar-refractivity contribution in [2.45, 2.75) is 11.0 Å². The molecule has 0 amide bonds. The predicted octanol–water partition coefficient (Wildman–Crippen LogP) is 2.63. The van der Waals surface area contributed by atoms with E-state index in [4.69, 9.17) is 5.73 Å². The lowest BCUT2D eigenvalue weighted by molar-refractivity contribution is 0.204. The summed E-state index contributed by atoms with van der Waals surface area (Å²) in [5, 5.41) is 10.00. The lowest BCUT2D eigenvalue weighted by Gasteiger charge is -2.12. The van der Waals surface area contributed by atoms with Crippen LogP contribution in [0.15, 0.2) is 47.5 Å². The van der Waals surface area contributed by atoms with E-state index in [0.717, 1.165) is 4.90 Å². The summed E-state index contributed by atoms with van der Waals surface area (Å²) in [5.41, 5.74) is 6.27. The zero-order valence-electron chi connectivity index (χ0n) is 9.58. The molecular weight excluding hydrogens is 251 g/mol. The van der Waals surface area contributed by atoms with Crippen molar-refractivity contribution in [3.05, 3.63) is 54.0 Å². The molecule has 1 atom stereocenters. The van der Waals surface area contributed by atoms with E-state index in [-0.39, 0.29) is 5.82 Å². The Bertz CT molecular complexity index is 536. The van der Waals surface area contributed by atoms with Crippen LogP contribution in [0.2, 0.25) is 0 Å². The highest BCUT2D eigenvalue weighted by atomic mass is 32.2. The number of nitrogen functional groups attached to an aromatic ring is 1. The molecule has 0 saturated heterocycles. The SMILES string of the molecule is Nc1ncccc1C(O)CSc1cccc(F)c1. The molecule has 0 bridgehead atoms. The van der Waals surface area contributed by atoms with Gasteiger partial charge in [0.05, 0.1) is 6.10 Å². The van der Waals surface area contributed by atoms with Gasteiger partial charge in [0.1, 0.15) is 11.6 Å². The summed E-state index contributed by atoms with van der Waals surface area (Å²) in [4.78, 5) is 4.69. The molecule has 94 valence electrons. The molecule has 2 aromatic rings. The van der Waals surface area contributed by atoms with E-state index in [1.54, 1.807) is 30.5 Å². The van der Waals surface area contributed by atoms with Crippen molar-refractivity contribution >= 4 is 17.6 Å². The first-order valence-electron chi connectivity index (χ1n) is 5.43. The van der Waals surface area contributed by atoms with Gasteiger partial charge < -0.3 is 10.8 Å². The van der Waals surface area contributed by atoms with Crippen molar-refractivity contribution in [1.29, 1.82) is 0 Å². The van der Waals surface area contributed by atoms with Gasteiger partial charge in [-0.3, -0.25) is 0 Å². The number of halogens is 1. The number of nitrogens with zero attached hydrogens (tertiary/aromatic N) is 1. The van der Waals surface area contributed by atoms with Gasteiger partial charge in [0.2, 0.25) is 0 Å². The number of hydrogen-bond acceptors (Lipinski definition) is 4. The van der Waals surface area contributed by atoms with E-state index in [1.165, 1.54) is 23.9 Å². The van der Waals surface area contributed by atoms with Crippen LogP contribution in [0.4, 0.5) is 10.2 Å². The van der Waals surface area contributed by atoms with Crippen LogP contribution in [0, 0.1) is 5.82 Å². The summed E-state index contributed by atoms with van der Waals surface area (Å²) in [7, 11) is 0. The van der Waals surface area contributed by atoms with Crippen molar-refractivity contribution in [2.75, 3.05) is 11.5 Å². The number of thioether (sulfide) groups is 1. The molecule has 0 radical (unpaired) electrons. The Balaban J connectivity index is 2.00. The summed E-state index contributed by atoms with van der Waals surface area (Å²) < 4.78 is 13.0. The minimum Gasteiger partial charge on any atom is -0.387 e. The minimum atomic E-state index is -0.716. The van der Waals surface area contributed by atoms with E-state index in [9.17, 15) is 9.50 Å². The average molecular weight is 264 g/mol. The van der Waals surface area contributed by atoms with Gasteiger partial charge in [0, 0.05) is 22.4 Å². The number of pyridine rings is 1. The van der Waals surface area contributed by atoms with Gasteiger partial charge in [-0.05, 0) is 24.3 Å². The quantitative estimate of drug-likeness (QED) is 0.833. The fourth-order valence-corrected chi connectivity index (χ4v) is 2.43. The molecular formula is C13H13FN2OS. The first kappa shape index (κ1) is 12.9. The lowest BCUT2D eigenvalue weighted by atomic mass is 10.2. The number of anilines is 1. The Labute approximate surface area is 109 Å². The summed E-state index contributed by atoms with van der Waals surface area (Å²) in [6.45, 7) is 0. The first-order chi connectivity index (χ1) is 8.66. The maximum atomic E-state index is 13.0. The topological polar surface area (TPSA) is 59.1 Å². The van der Waals surface area contributed by atoms with Crippen molar-refractivity contribution in [2.24, 2.45) is 0 Å². The third-order valence-electron chi connectivity index (χ3n) is 2.43. The second-order valence-corrected chi connectivity index (χ2v) is 4.86. The van der Waals surface area contributed by atoms with E-state index in [1.807, 2.05) is 0 Å². The van der Waals surface area contributed by atoms with Gasteiger partial charge in [-0.2, -0.15) is 0 Å². The van der Waals surface area contributed by atoms with Crippen LogP contribution in [-0.4, -0.2) is 15.8 Å². The van der Waals surface area contributed by atoms with E-state index >= 15 is 0 Å². The fourth-order valence-electron chi connectivity index (χ4n) is 1.53. The van der Waals surface area contributed by atoms with E-state index < -0.39 is 6.10 Å². The maximum absolute atomic E-state index is 13.0. The zero-order chi connectivity index (χ0) is 13.0. The summed E-state index contributed by atoms with van der Waals surface area (Å²) in [6, 6.07) is 9.72. The monoisotopic (exact) mass is 264 g/mol. The molecule has 1 heterocycles. The highest BCUT2D eigenvalue weighted by molar-refractivity contribution is 7.99. The van der Waals surface area contributed by atoms with Gasteiger partial charge >= 0.3 is 0 Å². The smallest absolute Gasteiger partial charge is 0.129 e. The molecule has 1 unspecified atom stereocenters. The molecule has 0 aliphatic rings. The zero-order valence-corrected chi connectivity index (χ0v) is 10.4. The second-order valence-electron chi connectivity index (χ2n) is 3.76. The Kier molecular flexibility index (Phi) is 4.17. The van der Waals surface area contributed by atoms with Crippen molar-refractivity contribution < 1.29 is 9.50 Å². The van der Waals surface area contributed by atoms with E-state index in [2.05, 4.69) is 4.98 Å². The fraction of sp³-hybridized carbons (Fsp3) is 0.154.